The molecule has 5 aromatic rings. The molecule has 4 heteroatoms. The number of benzene rings is 5. The molecule has 0 spiro atoms. The van der Waals surface area contributed by atoms with Crippen molar-refractivity contribution in [2.45, 2.75) is 21.3 Å². The quantitative estimate of drug-likeness (QED) is 0.0756. The van der Waals surface area contributed by atoms with Crippen LogP contribution in [0.4, 0.5) is 0 Å². The molecule has 0 saturated carbocycles. The van der Waals surface area contributed by atoms with E-state index in [1.165, 1.54) is 22.1 Å². The molecule has 0 aliphatic carbocycles. The van der Waals surface area contributed by atoms with Crippen molar-refractivity contribution >= 4 is 29.5 Å². The fourth-order valence-corrected chi connectivity index (χ4v) is 6.32. The van der Waals surface area contributed by atoms with Gasteiger partial charge in [-0.05, 0) is 52.1 Å². The van der Waals surface area contributed by atoms with Crippen LogP contribution in [0.5, 0.6) is 5.75 Å². The summed E-state index contributed by atoms with van der Waals surface area (Å²) in [6.07, 6.45) is 1.20. The molecule has 0 heterocycles. The lowest BCUT2D eigenvalue weighted by molar-refractivity contribution is -0.128. The van der Waals surface area contributed by atoms with Crippen molar-refractivity contribution < 1.29 is 9.53 Å². The maximum atomic E-state index is 12.2. The third kappa shape index (κ3) is 6.91. The fraction of sp³-hybridized carbons (Fsp3) is 0.0571. The number of hydrogen-bond acceptors (Lipinski definition) is 4. The van der Waals surface area contributed by atoms with Gasteiger partial charge < -0.3 is 4.74 Å². The second-order valence-electron chi connectivity index (χ2n) is 8.88. The first-order chi connectivity index (χ1) is 19.2. The van der Waals surface area contributed by atoms with Gasteiger partial charge in [0.15, 0.2) is 0 Å². The minimum atomic E-state index is -0.475. The Morgan fingerprint density at radius 3 is 1.72 bits per heavy atom. The Morgan fingerprint density at radius 2 is 1.13 bits per heavy atom. The van der Waals surface area contributed by atoms with Crippen molar-refractivity contribution in [3.05, 3.63) is 151 Å². The maximum Gasteiger partial charge on any atom is 0.335 e. The highest BCUT2D eigenvalue weighted by atomic mass is 32.2. The van der Waals surface area contributed by atoms with E-state index >= 15 is 0 Å². The van der Waals surface area contributed by atoms with Crippen LogP contribution in [0.3, 0.4) is 0 Å². The zero-order valence-electron chi connectivity index (χ0n) is 21.5. The van der Waals surface area contributed by atoms with Crippen LogP contribution >= 0.6 is 23.5 Å². The number of thioether (sulfide) groups is 2. The summed E-state index contributed by atoms with van der Waals surface area (Å²) in [6, 6.07) is 43.7. The molecule has 0 fully saturated rings. The Bertz CT molecular complexity index is 1560. The third-order valence-electron chi connectivity index (χ3n) is 6.21. The summed E-state index contributed by atoms with van der Waals surface area (Å²) in [5.74, 6) is 1.78. The molecular formula is C35H28O2S2. The highest BCUT2D eigenvalue weighted by Crippen LogP contribution is 2.42. The van der Waals surface area contributed by atoms with Crippen molar-refractivity contribution in [3.8, 4) is 28.0 Å². The second-order valence-corrected chi connectivity index (χ2v) is 10.9. The Hall–Kier alpha value is -3.99. The smallest absolute Gasteiger partial charge is 0.335 e. The molecular weight excluding hydrogens is 517 g/mol. The molecule has 0 unspecified atom stereocenters. The molecule has 0 aliphatic heterocycles. The Morgan fingerprint density at radius 1 is 0.615 bits per heavy atom. The summed E-state index contributed by atoms with van der Waals surface area (Å²) in [6.45, 7) is 3.58. The van der Waals surface area contributed by atoms with Crippen LogP contribution in [0.15, 0.2) is 150 Å². The summed E-state index contributed by atoms with van der Waals surface area (Å²) in [4.78, 5) is 14.6. The van der Waals surface area contributed by atoms with Gasteiger partial charge in [-0.3, -0.25) is 0 Å². The number of esters is 1. The lowest BCUT2D eigenvalue weighted by Gasteiger charge is -2.16. The van der Waals surface area contributed by atoms with E-state index in [-0.39, 0.29) is 0 Å². The first kappa shape index (κ1) is 26.6. The highest BCUT2D eigenvalue weighted by molar-refractivity contribution is 7.99. The largest absolute Gasteiger partial charge is 0.423 e. The highest BCUT2D eigenvalue weighted by Gasteiger charge is 2.16. The summed E-state index contributed by atoms with van der Waals surface area (Å²) in [5, 5.41) is 0. The average molecular weight is 545 g/mol. The van der Waals surface area contributed by atoms with Crippen molar-refractivity contribution in [3.63, 3.8) is 0 Å². The number of carbonyl (C=O) groups excluding carboxylic acids is 1. The van der Waals surface area contributed by atoms with Crippen LogP contribution in [-0.4, -0.2) is 5.97 Å². The summed E-state index contributed by atoms with van der Waals surface area (Å²) in [5.41, 5.74) is 6.67. The SMILES string of the molecule is C=CC(=O)Oc1ccc(-c2ccccc2SCc2ccccc2)cc1-c1ccccc1SCc1ccccc1. The van der Waals surface area contributed by atoms with Gasteiger partial charge in [0, 0.05) is 32.9 Å². The number of ether oxygens (including phenoxy) is 1. The zero-order chi connectivity index (χ0) is 26.9. The average Bonchev–Trinajstić information content (AvgIpc) is 3.00. The lowest BCUT2D eigenvalue weighted by atomic mass is 9.98. The molecule has 5 aromatic carbocycles. The minimum absolute atomic E-state index is 0.475. The van der Waals surface area contributed by atoms with E-state index in [9.17, 15) is 4.79 Å². The van der Waals surface area contributed by atoms with Crippen LogP contribution < -0.4 is 4.74 Å². The molecule has 0 saturated heterocycles. The molecule has 5 rings (SSSR count). The summed E-state index contributed by atoms with van der Waals surface area (Å²) in [7, 11) is 0. The monoisotopic (exact) mass is 544 g/mol. The molecule has 0 amide bonds. The van der Waals surface area contributed by atoms with Crippen LogP contribution in [0, 0.1) is 0 Å². The zero-order valence-corrected chi connectivity index (χ0v) is 23.1. The van der Waals surface area contributed by atoms with Gasteiger partial charge in [-0.15, -0.1) is 23.5 Å². The molecule has 39 heavy (non-hydrogen) atoms. The standard InChI is InChI=1S/C35H28O2S2/c1-2-35(36)37-32-22-21-28(29-17-9-11-19-33(29)38-24-26-13-5-3-6-14-26)23-31(32)30-18-10-12-20-34(30)39-25-27-15-7-4-8-16-27/h2-23H,1,24-25H2. The normalized spacial score (nSPS) is 10.7. The predicted molar refractivity (Wildman–Crippen MR) is 165 cm³/mol. The van der Waals surface area contributed by atoms with Crippen molar-refractivity contribution in [2.24, 2.45) is 0 Å². The van der Waals surface area contributed by atoms with E-state index < -0.39 is 5.97 Å². The fourth-order valence-electron chi connectivity index (χ4n) is 4.26. The molecule has 0 aromatic heterocycles. The van der Waals surface area contributed by atoms with Gasteiger partial charge in [0.05, 0.1) is 0 Å². The van der Waals surface area contributed by atoms with E-state index in [1.807, 2.05) is 48.2 Å². The van der Waals surface area contributed by atoms with E-state index in [4.69, 9.17) is 4.74 Å². The molecule has 192 valence electrons. The molecule has 0 N–H and O–H groups in total. The topological polar surface area (TPSA) is 26.3 Å². The predicted octanol–water partition coefficient (Wildman–Crippen LogP) is 9.70. The van der Waals surface area contributed by atoms with E-state index in [2.05, 4.69) is 97.6 Å². The number of hydrogen-bond donors (Lipinski definition) is 0. The Balaban J connectivity index is 1.52. The van der Waals surface area contributed by atoms with E-state index in [1.54, 1.807) is 11.8 Å². The molecule has 0 bridgehead atoms. The van der Waals surface area contributed by atoms with Gasteiger partial charge in [-0.2, -0.15) is 0 Å². The summed E-state index contributed by atoms with van der Waals surface area (Å²) < 4.78 is 5.72. The number of rotatable bonds is 10. The number of carbonyl (C=O) groups is 1. The van der Waals surface area contributed by atoms with Crippen LogP contribution in [0.25, 0.3) is 22.3 Å². The van der Waals surface area contributed by atoms with Crippen LogP contribution in [-0.2, 0) is 16.3 Å². The molecule has 0 atom stereocenters. The minimum Gasteiger partial charge on any atom is -0.423 e. The maximum absolute atomic E-state index is 12.2. The first-order valence-electron chi connectivity index (χ1n) is 12.7. The first-order valence-corrected chi connectivity index (χ1v) is 14.7. The Kier molecular flexibility index (Phi) is 9.00. The molecule has 0 aliphatic rings. The van der Waals surface area contributed by atoms with Crippen LogP contribution in [0.1, 0.15) is 11.1 Å². The van der Waals surface area contributed by atoms with Gasteiger partial charge in [0.25, 0.3) is 0 Å². The van der Waals surface area contributed by atoms with Gasteiger partial charge >= 0.3 is 5.97 Å². The Labute approximate surface area is 238 Å². The molecule has 2 nitrogen and oxygen atoms in total. The van der Waals surface area contributed by atoms with Crippen LogP contribution in [0.2, 0.25) is 0 Å². The van der Waals surface area contributed by atoms with Crippen molar-refractivity contribution in [1.29, 1.82) is 0 Å². The third-order valence-corrected chi connectivity index (χ3v) is 8.50. The van der Waals surface area contributed by atoms with Crippen molar-refractivity contribution in [1.82, 2.24) is 0 Å². The molecule has 0 radical (unpaired) electrons. The lowest BCUT2D eigenvalue weighted by Crippen LogP contribution is -2.04. The second kappa shape index (κ2) is 13.2. The van der Waals surface area contributed by atoms with Crippen molar-refractivity contribution in [2.75, 3.05) is 0 Å². The van der Waals surface area contributed by atoms with Gasteiger partial charge in [0.1, 0.15) is 5.75 Å². The van der Waals surface area contributed by atoms with E-state index in [0.717, 1.165) is 38.7 Å². The van der Waals surface area contributed by atoms with Gasteiger partial charge in [0.2, 0.25) is 0 Å². The van der Waals surface area contributed by atoms with E-state index in [0.29, 0.717) is 5.75 Å². The summed E-state index contributed by atoms with van der Waals surface area (Å²) >= 11 is 3.60. The van der Waals surface area contributed by atoms with Gasteiger partial charge in [-0.25, -0.2) is 4.79 Å². The van der Waals surface area contributed by atoms with Gasteiger partial charge in [-0.1, -0.05) is 110 Å².